The Hall–Kier alpha value is -9.64. The summed E-state index contributed by atoms with van der Waals surface area (Å²) < 4.78 is 15.1. The molecule has 0 amide bonds. The molecular weight excluding hydrogens is 973 g/mol. The lowest BCUT2D eigenvalue weighted by atomic mass is 9.53. The molecular formula is C76H56N2O2. The standard InChI is InChI=1S/C76H56N2O2/c1-75(2)59-33-17-19-35-61(59)76(62-36-20-18-34-60(62)75)63-48-66(78(54-29-13-6-14-30-54)56-45-41-52(42-46-56)50-25-9-4-10-26-50)73-70(58-32-16-22-38-68(58)79-73)71(63)72-64(76)47-65(69-57-31-15-21-37-67(57)80-74(69)72)77(53-27-11-5-12-28-53)55-43-39-51(40-44-55)49-23-7-3-8-24-49/h3-41,43-48,52,63,71H,42H2,1-2H3. The number of allylic oxidation sites excluding steroid dienone is 4. The largest absolute Gasteiger partial charge is 0.456 e. The van der Waals surface area contributed by atoms with Crippen LogP contribution in [0.3, 0.4) is 0 Å². The van der Waals surface area contributed by atoms with Crippen LogP contribution in [0.1, 0.15) is 82.4 Å². The monoisotopic (exact) mass is 1030 g/mol. The third kappa shape index (κ3) is 6.75. The maximum atomic E-state index is 7.62. The highest BCUT2D eigenvalue weighted by Crippen LogP contribution is 2.70. The molecule has 1 spiro atoms. The molecule has 80 heavy (non-hydrogen) atoms. The van der Waals surface area contributed by atoms with Gasteiger partial charge in [-0.25, -0.2) is 0 Å². The van der Waals surface area contributed by atoms with Crippen molar-refractivity contribution >= 4 is 61.4 Å². The molecule has 0 saturated heterocycles. The van der Waals surface area contributed by atoms with E-state index in [0.29, 0.717) is 0 Å². The van der Waals surface area contributed by atoms with Crippen molar-refractivity contribution in [2.45, 2.75) is 42.9 Å². The van der Waals surface area contributed by atoms with Crippen molar-refractivity contribution in [2.75, 3.05) is 9.80 Å². The van der Waals surface area contributed by atoms with E-state index in [-0.39, 0.29) is 23.2 Å². The third-order valence-electron chi connectivity index (χ3n) is 18.1. The minimum absolute atomic E-state index is 0.169. The molecule has 2 heterocycles. The first-order valence-corrected chi connectivity index (χ1v) is 28.2. The van der Waals surface area contributed by atoms with Gasteiger partial charge in [-0.05, 0) is 112 Å². The fraction of sp³-hybridized carbons (Fsp3) is 0.105. The lowest BCUT2D eigenvalue weighted by molar-refractivity contribution is 0.411. The quantitative estimate of drug-likeness (QED) is 0.152. The molecule has 4 heteroatoms. The van der Waals surface area contributed by atoms with E-state index in [2.05, 4.69) is 297 Å². The van der Waals surface area contributed by atoms with Crippen molar-refractivity contribution in [3.05, 3.63) is 329 Å². The summed E-state index contributed by atoms with van der Waals surface area (Å²) in [4.78, 5) is 4.95. The molecule has 16 rings (SSSR count). The van der Waals surface area contributed by atoms with Crippen LogP contribution >= 0.6 is 0 Å². The van der Waals surface area contributed by atoms with E-state index in [9.17, 15) is 0 Å². The Kier molecular flexibility index (Phi) is 10.4. The van der Waals surface area contributed by atoms with Crippen molar-refractivity contribution in [2.24, 2.45) is 5.92 Å². The van der Waals surface area contributed by atoms with Crippen LogP contribution in [0.25, 0.3) is 49.7 Å². The van der Waals surface area contributed by atoms with Crippen LogP contribution in [0.15, 0.2) is 288 Å². The summed E-state index contributed by atoms with van der Waals surface area (Å²) in [6.45, 7) is 4.83. The number of furan rings is 2. The number of benzene rings is 10. The minimum Gasteiger partial charge on any atom is -0.456 e. The Labute approximate surface area is 466 Å². The van der Waals surface area contributed by atoms with Crippen LogP contribution in [0.5, 0.6) is 0 Å². The van der Waals surface area contributed by atoms with Crippen molar-refractivity contribution in [1.29, 1.82) is 0 Å². The second kappa shape index (κ2) is 18.0. The fourth-order valence-electron chi connectivity index (χ4n) is 14.7. The smallest absolute Gasteiger partial charge is 0.155 e. The van der Waals surface area contributed by atoms with Gasteiger partial charge in [0.2, 0.25) is 0 Å². The fourth-order valence-corrected chi connectivity index (χ4v) is 14.7. The van der Waals surface area contributed by atoms with Crippen LogP contribution in [0, 0.1) is 5.92 Å². The lowest BCUT2D eigenvalue weighted by Crippen LogP contribution is -2.45. The number of rotatable bonds is 8. The molecule has 4 aliphatic carbocycles. The van der Waals surface area contributed by atoms with Gasteiger partial charge >= 0.3 is 0 Å². The zero-order chi connectivity index (χ0) is 53.1. The van der Waals surface area contributed by atoms with Crippen LogP contribution < -0.4 is 9.80 Å². The maximum Gasteiger partial charge on any atom is 0.155 e. The summed E-state index contributed by atoms with van der Waals surface area (Å²) in [6, 6.07) is 91.1. The van der Waals surface area contributed by atoms with Gasteiger partial charge in [0, 0.05) is 67.8 Å². The average Bonchev–Trinajstić information content (AvgIpc) is 4.37. The predicted molar refractivity (Wildman–Crippen MR) is 328 cm³/mol. The van der Waals surface area contributed by atoms with Crippen LogP contribution in [0.4, 0.5) is 22.7 Å². The predicted octanol–water partition coefficient (Wildman–Crippen LogP) is 19.7. The van der Waals surface area contributed by atoms with Crippen LogP contribution in [0.2, 0.25) is 0 Å². The van der Waals surface area contributed by atoms with Gasteiger partial charge in [-0.2, -0.15) is 0 Å². The molecule has 0 aliphatic heterocycles. The van der Waals surface area contributed by atoms with E-state index in [1.54, 1.807) is 0 Å². The number of hydrogen-bond acceptors (Lipinski definition) is 4. The Bertz CT molecular complexity index is 4440. The molecule has 0 radical (unpaired) electrons. The Morgan fingerprint density at radius 3 is 1.62 bits per heavy atom. The van der Waals surface area contributed by atoms with E-state index >= 15 is 0 Å². The zero-order valence-electron chi connectivity index (χ0n) is 44.6. The van der Waals surface area contributed by atoms with Gasteiger partial charge < -0.3 is 18.6 Å². The topological polar surface area (TPSA) is 32.8 Å². The SMILES string of the molecule is CC1(C)c2ccccc2C2(c3ccccc31)c1cc(N(c3ccccc3)c3ccc(-c4ccccc4)cc3)c3c(oc4ccccc43)c1C1c3c(oc4ccccc34)C(N(C3=CCC(c4ccccc4)C=C3)c3ccccc3)=CC12. The summed E-state index contributed by atoms with van der Waals surface area (Å²) >= 11 is 0. The van der Waals surface area contributed by atoms with Crippen molar-refractivity contribution in [3.8, 4) is 11.1 Å². The summed E-state index contributed by atoms with van der Waals surface area (Å²) in [5.74, 6) is 0.790. The van der Waals surface area contributed by atoms with E-state index in [1.807, 2.05) is 0 Å². The molecule has 12 aromatic rings. The van der Waals surface area contributed by atoms with E-state index in [4.69, 9.17) is 8.83 Å². The first kappa shape index (κ1) is 46.5. The number of nitrogens with zero attached hydrogens (tertiary/aromatic N) is 2. The summed E-state index contributed by atoms with van der Waals surface area (Å²) in [6.07, 6.45) is 10.7. The van der Waals surface area contributed by atoms with Gasteiger partial charge in [-0.3, -0.25) is 0 Å². The van der Waals surface area contributed by atoms with Gasteiger partial charge in [-0.15, -0.1) is 0 Å². The highest BCUT2D eigenvalue weighted by Gasteiger charge is 2.62. The highest BCUT2D eigenvalue weighted by atomic mass is 16.3. The second-order valence-electron chi connectivity index (χ2n) is 22.6. The Morgan fingerprint density at radius 1 is 0.463 bits per heavy atom. The van der Waals surface area contributed by atoms with E-state index in [1.165, 1.54) is 55.6 Å². The highest BCUT2D eigenvalue weighted by molar-refractivity contribution is 6.16. The second-order valence-corrected chi connectivity index (χ2v) is 22.6. The maximum absolute atomic E-state index is 7.62. The number of para-hydroxylation sites is 4. The molecule has 0 bridgehead atoms. The minimum atomic E-state index is -0.733. The van der Waals surface area contributed by atoms with Crippen LogP contribution in [-0.4, -0.2) is 0 Å². The Balaban J connectivity index is 1.04. The van der Waals surface area contributed by atoms with Gasteiger partial charge in [-0.1, -0.05) is 226 Å². The summed E-state index contributed by atoms with van der Waals surface area (Å²) in [7, 11) is 0. The lowest BCUT2D eigenvalue weighted by Gasteiger charge is -2.49. The van der Waals surface area contributed by atoms with E-state index in [0.717, 1.165) is 79.2 Å². The summed E-state index contributed by atoms with van der Waals surface area (Å²) in [5, 5.41) is 3.28. The molecule has 10 aromatic carbocycles. The van der Waals surface area contributed by atoms with Gasteiger partial charge in [0.15, 0.2) is 5.76 Å². The molecule has 4 nitrogen and oxygen atoms in total. The van der Waals surface area contributed by atoms with Crippen molar-refractivity contribution < 1.29 is 8.83 Å². The molecule has 0 saturated carbocycles. The first-order valence-electron chi connectivity index (χ1n) is 28.2. The number of fused-ring (bicyclic) bond motifs is 17. The molecule has 3 unspecified atom stereocenters. The molecule has 4 aliphatic rings. The van der Waals surface area contributed by atoms with Crippen molar-refractivity contribution in [3.63, 3.8) is 0 Å². The molecule has 382 valence electrons. The van der Waals surface area contributed by atoms with Gasteiger partial charge in [0.05, 0.1) is 22.2 Å². The number of hydrogen-bond donors (Lipinski definition) is 0. The molecule has 2 aromatic heterocycles. The first-order chi connectivity index (χ1) is 39.5. The van der Waals surface area contributed by atoms with Gasteiger partial charge in [0.25, 0.3) is 0 Å². The zero-order valence-corrected chi connectivity index (χ0v) is 44.6. The number of anilines is 4. The normalized spacial score (nSPS) is 18.0. The molecule has 0 N–H and O–H groups in total. The molecule has 0 fully saturated rings. The van der Waals surface area contributed by atoms with Crippen molar-refractivity contribution in [1.82, 2.24) is 0 Å². The Morgan fingerprint density at radius 2 is 0.988 bits per heavy atom. The third-order valence-corrected chi connectivity index (χ3v) is 18.1. The van der Waals surface area contributed by atoms with Gasteiger partial charge in [0.1, 0.15) is 16.7 Å². The van der Waals surface area contributed by atoms with Crippen LogP contribution in [-0.2, 0) is 10.8 Å². The average molecular weight is 1030 g/mol. The van der Waals surface area contributed by atoms with E-state index < -0.39 is 5.41 Å². The molecule has 3 atom stereocenters. The summed E-state index contributed by atoms with van der Waals surface area (Å²) in [5.41, 5.74) is 20.6.